The molecule has 0 aliphatic carbocycles. The average Bonchev–Trinajstić information content (AvgIpc) is 2.85. The maximum absolute atomic E-state index is 10.4. The monoisotopic (exact) mass is 228 g/mol. The lowest BCUT2D eigenvalue weighted by molar-refractivity contribution is -0.137. The molecule has 1 N–H and O–H groups in total. The van der Waals surface area contributed by atoms with E-state index >= 15 is 0 Å². The first-order valence-electron chi connectivity index (χ1n) is 4.78. The van der Waals surface area contributed by atoms with Crippen LogP contribution in [0.25, 0.3) is 0 Å². The highest BCUT2D eigenvalue weighted by Gasteiger charge is 2.27. The van der Waals surface area contributed by atoms with Gasteiger partial charge in [0, 0.05) is 6.42 Å². The summed E-state index contributed by atoms with van der Waals surface area (Å²) >= 11 is 1.58. The van der Waals surface area contributed by atoms with Crippen LogP contribution in [0.4, 0.5) is 0 Å². The summed E-state index contributed by atoms with van der Waals surface area (Å²) in [4.78, 5) is 11.4. The topological polar surface area (TPSA) is 55.8 Å². The SMILES string of the molecule is O=C(O)CCC1COC(c2cccs2)O1. The molecular formula is C10H12O4S. The third-order valence-corrected chi connectivity index (χ3v) is 3.10. The van der Waals surface area contributed by atoms with E-state index in [-0.39, 0.29) is 18.8 Å². The molecule has 0 amide bonds. The van der Waals surface area contributed by atoms with E-state index in [1.54, 1.807) is 11.3 Å². The summed E-state index contributed by atoms with van der Waals surface area (Å²) in [6.45, 7) is 0.482. The quantitative estimate of drug-likeness (QED) is 0.856. The highest BCUT2D eigenvalue weighted by atomic mass is 32.1. The zero-order valence-corrected chi connectivity index (χ0v) is 8.90. The van der Waals surface area contributed by atoms with E-state index in [0.717, 1.165) is 4.88 Å². The number of rotatable bonds is 4. The second kappa shape index (κ2) is 4.74. The van der Waals surface area contributed by atoms with Crippen LogP contribution in [-0.4, -0.2) is 23.8 Å². The zero-order chi connectivity index (χ0) is 10.7. The molecule has 0 bridgehead atoms. The number of thiophene rings is 1. The zero-order valence-electron chi connectivity index (χ0n) is 8.09. The van der Waals surface area contributed by atoms with E-state index in [1.165, 1.54) is 0 Å². The predicted octanol–water partition coefficient (Wildman–Crippen LogP) is 2.03. The van der Waals surface area contributed by atoms with E-state index in [9.17, 15) is 4.79 Å². The van der Waals surface area contributed by atoms with Crippen LogP contribution < -0.4 is 0 Å². The molecule has 1 aliphatic heterocycles. The van der Waals surface area contributed by atoms with E-state index in [2.05, 4.69) is 0 Å². The third kappa shape index (κ3) is 2.77. The highest BCUT2D eigenvalue weighted by molar-refractivity contribution is 7.10. The van der Waals surface area contributed by atoms with Crippen molar-refractivity contribution in [2.75, 3.05) is 6.61 Å². The number of carbonyl (C=O) groups is 1. The lowest BCUT2D eigenvalue weighted by atomic mass is 10.2. The molecule has 2 rings (SSSR count). The van der Waals surface area contributed by atoms with Crippen molar-refractivity contribution in [1.29, 1.82) is 0 Å². The second-order valence-electron chi connectivity index (χ2n) is 3.37. The standard InChI is InChI=1S/C10H12O4S/c11-9(12)4-3-7-6-13-10(14-7)8-2-1-5-15-8/h1-2,5,7,10H,3-4,6H2,(H,11,12). The molecule has 0 saturated carbocycles. The van der Waals surface area contributed by atoms with Crippen LogP contribution in [0.2, 0.25) is 0 Å². The van der Waals surface area contributed by atoms with Crippen molar-refractivity contribution in [2.45, 2.75) is 25.2 Å². The molecule has 2 unspecified atom stereocenters. The van der Waals surface area contributed by atoms with Gasteiger partial charge in [-0.25, -0.2) is 0 Å². The predicted molar refractivity (Wildman–Crippen MR) is 54.8 cm³/mol. The number of hydrogen-bond donors (Lipinski definition) is 1. The smallest absolute Gasteiger partial charge is 0.303 e. The van der Waals surface area contributed by atoms with Gasteiger partial charge < -0.3 is 14.6 Å². The number of carboxylic acid groups (broad SMARTS) is 1. The summed E-state index contributed by atoms with van der Waals surface area (Å²) in [5, 5.41) is 10.5. The number of carboxylic acids is 1. The minimum Gasteiger partial charge on any atom is -0.481 e. The third-order valence-electron chi connectivity index (χ3n) is 2.21. The molecule has 1 fully saturated rings. The molecule has 1 aromatic rings. The van der Waals surface area contributed by atoms with Crippen molar-refractivity contribution in [3.63, 3.8) is 0 Å². The van der Waals surface area contributed by atoms with Crippen molar-refractivity contribution in [2.24, 2.45) is 0 Å². The van der Waals surface area contributed by atoms with Gasteiger partial charge in [0.15, 0.2) is 6.29 Å². The Morgan fingerprint density at radius 1 is 1.67 bits per heavy atom. The van der Waals surface area contributed by atoms with Crippen molar-refractivity contribution in [3.05, 3.63) is 22.4 Å². The molecule has 0 spiro atoms. The van der Waals surface area contributed by atoms with Gasteiger partial charge in [0.25, 0.3) is 0 Å². The van der Waals surface area contributed by atoms with Gasteiger partial charge in [-0.3, -0.25) is 4.79 Å². The largest absolute Gasteiger partial charge is 0.481 e. The van der Waals surface area contributed by atoms with Crippen LogP contribution in [0.1, 0.15) is 24.0 Å². The summed E-state index contributed by atoms with van der Waals surface area (Å²) in [5.74, 6) is -0.793. The van der Waals surface area contributed by atoms with Crippen LogP contribution in [0.15, 0.2) is 17.5 Å². The normalized spacial score (nSPS) is 25.6. The van der Waals surface area contributed by atoms with E-state index < -0.39 is 5.97 Å². The Kier molecular flexibility index (Phi) is 3.35. The number of aliphatic carboxylic acids is 1. The van der Waals surface area contributed by atoms with Crippen LogP contribution in [0, 0.1) is 0 Å². The van der Waals surface area contributed by atoms with Gasteiger partial charge in [0.05, 0.1) is 17.6 Å². The minimum absolute atomic E-state index is 0.0896. The fourth-order valence-corrected chi connectivity index (χ4v) is 2.16. The van der Waals surface area contributed by atoms with Crippen molar-refractivity contribution in [1.82, 2.24) is 0 Å². The van der Waals surface area contributed by atoms with Gasteiger partial charge in [0.1, 0.15) is 0 Å². The summed E-state index contributed by atoms with van der Waals surface area (Å²) in [6.07, 6.45) is 0.250. The fourth-order valence-electron chi connectivity index (χ4n) is 1.46. The van der Waals surface area contributed by atoms with Gasteiger partial charge in [-0.1, -0.05) is 6.07 Å². The maximum Gasteiger partial charge on any atom is 0.303 e. The average molecular weight is 228 g/mol. The maximum atomic E-state index is 10.4. The van der Waals surface area contributed by atoms with E-state index in [1.807, 2.05) is 17.5 Å². The number of ether oxygens (including phenoxy) is 2. The molecule has 1 aliphatic rings. The molecule has 1 aromatic heterocycles. The van der Waals surface area contributed by atoms with Gasteiger partial charge >= 0.3 is 5.97 Å². The lowest BCUT2D eigenvalue weighted by Crippen LogP contribution is -2.11. The first-order chi connectivity index (χ1) is 7.25. The molecule has 15 heavy (non-hydrogen) atoms. The molecule has 5 heteroatoms. The summed E-state index contributed by atoms with van der Waals surface area (Å²) in [5.41, 5.74) is 0. The Morgan fingerprint density at radius 3 is 3.20 bits per heavy atom. The Labute approximate surface area is 91.4 Å². The van der Waals surface area contributed by atoms with Crippen LogP contribution >= 0.6 is 11.3 Å². The molecule has 82 valence electrons. The van der Waals surface area contributed by atoms with E-state index in [4.69, 9.17) is 14.6 Å². The fraction of sp³-hybridized carbons (Fsp3) is 0.500. The van der Waals surface area contributed by atoms with Crippen LogP contribution in [0.3, 0.4) is 0 Å². The van der Waals surface area contributed by atoms with Gasteiger partial charge in [-0.2, -0.15) is 0 Å². The molecule has 2 atom stereocenters. The Hall–Kier alpha value is -0.910. The lowest BCUT2D eigenvalue weighted by Gasteiger charge is -2.08. The first kappa shape index (κ1) is 10.6. The summed E-state index contributed by atoms with van der Waals surface area (Å²) in [6, 6.07) is 3.90. The highest BCUT2D eigenvalue weighted by Crippen LogP contribution is 2.31. The summed E-state index contributed by atoms with van der Waals surface area (Å²) < 4.78 is 11.0. The molecule has 1 saturated heterocycles. The molecule has 4 nitrogen and oxygen atoms in total. The molecule has 2 heterocycles. The van der Waals surface area contributed by atoms with Crippen LogP contribution in [0.5, 0.6) is 0 Å². The van der Waals surface area contributed by atoms with Crippen molar-refractivity contribution < 1.29 is 19.4 Å². The van der Waals surface area contributed by atoms with Gasteiger partial charge in [-0.05, 0) is 17.9 Å². The Bertz CT molecular complexity index is 322. The van der Waals surface area contributed by atoms with Crippen molar-refractivity contribution in [3.8, 4) is 0 Å². The Balaban J connectivity index is 1.82. The minimum atomic E-state index is -0.793. The molecule has 0 radical (unpaired) electrons. The summed E-state index contributed by atoms with van der Waals surface area (Å²) in [7, 11) is 0. The Morgan fingerprint density at radius 2 is 2.53 bits per heavy atom. The molecule has 0 aromatic carbocycles. The molecular weight excluding hydrogens is 216 g/mol. The van der Waals surface area contributed by atoms with Gasteiger partial charge in [0.2, 0.25) is 0 Å². The van der Waals surface area contributed by atoms with Crippen molar-refractivity contribution >= 4 is 17.3 Å². The second-order valence-corrected chi connectivity index (χ2v) is 4.35. The van der Waals surface area contributed by atoms with Gasteiger partial charge in [-0.15, -0.1) is 11.3 Å². The van der Waals surface area contributed by atoms with E-state index in [0.29, 0.717) is 13.0 Å². The first-order valence-corrected chi connectivity index (χ1v) is 5.66. The van der Waals surface area contributed by atoms with Crippen LogP contribution in [-0.2, 0) is 14.3 Å². The number of hydrogen-bond acceptors (Lipinski definition) is 4.